The molecule has 1 heterocycles. The molecule has 0 aliphatic carbocycles. The van der Waals surface area contributed by atoms with Crippen molar-refractivity contribution in [3.8, 4) is 0 Å². The molecule has 0 saturated carbocycles. The summed E-state index contributed by atoms with van der Waals surface area (Å²) in [4.78, 5) is 8.96. The largest absolute Gasteiger partial charge is 0.366 e. The lowest BCUT2D eigenvalue weighted by atomic mass is 10.1. The van der Waals surface area contributed by atoms with E-state index in [1.54, 1.807) is 6.08 Å². The lowest BCUT2D eigenvalue weighted by molar-refractivity contribution is 0.995. The molecule has 0 bridgehead atoms. The van der Waals surface area contributed by atoms with Crippen LogP contribution >= 0.6 is 0 Å². The van der Waals surface area contributed by atoms with E-state index >= 15 is 0 Å². The number of aromatic nitrogens is 2. The molecule has 0 spiro atoms. The van der Waals surface area contributed by atoms with E-state index in [1.165, 1.54) is 5.56 Å². The third-order valence-corrected chi connectivity index (χ3v) is 2.69. The molecule has 1 aromatic heterocycles. The third kappa shape index (κ3) is 3.20. The van der Waals surface area contributed by atoms with Gasteiger partial charge in [0.15, 0.2) is 0 Å². The van der Waals surface area contributed by atoms with Crippen LogP contribution in [0.4, 0.5) is 11.8 Å². The normalized spacial score (nSPS) is 10.4. The highest BCUT2D eigenvalue weighted by Crippen LogP contribution is 2.23. The number of aryl methyl sites for hydroxylation is 1. The zero-order valence-corrected chi connectivity index (χ0v) is 11.1. The van der Waals surface area contributed by atoms with Crippen molar-refractivity contribution >= 4 is 22.7 Å². The maximum Gasteiger partial charge on any atom is 0.225 e. The summed E-state index contributed by atoms with van der Waals surface area (Å²) < 4.78 is 0. The number of hydrogen-bond donors (Lipinski definition) is 3. The SMILES string of the molecule is C=CCNc1nc(NCCN)nc2ccc(C)cc12. The van der Waals surface area contributed by atoms with E-state index in [4.69, 9.17) is 5.73 Å². The lowest BCUT2D eigenvalue weighted by Gasteiger charge is -2.11. The molecule has 0 fully saturated rings. The van der Waals surface area contributed by atoms with Gasteiger partial charge in [-0.3, -0.25) is 0 Å². The second kappa shape index (κ2) is 6.15. The predicted octanol–water partition coefficient (Wildman–Crippen LogP) is 1.91. The smallest absolute Gasteiger partial charge is 0.225 e. The summed E-state index contributed by atoms with van der Waals surface area (Å²) in [5, 5.41) is 7.36. The summed E-state index contributed by atoms with van der Waals surface area (Å²) in [5.41, 5.74) is 7.57. The van der Waals surface area contributed by atoms with E-state index in [2.05, 4.69) is 40.2 Å². The van der Waals surface area contributed by atoms with Crippen LogP contribution in [0.2, 0.25) is 0 Å². The Balaban J connectivity index is 2.45. The molecule has 100 valence electrons. The van der Waals surface area contributed by atoms with Gasteiger partial charge in [0.05, 0.1) is 5.52 Å². The molecule has 1 aromatic carbocycles. The Morgan fingerprint density at radius 2 is 2.16 bits per heavy atom. The van der Waals surface area contributed by atoms with Crippen molar-refractivity contribution < 1.29 is 0 Å². The first-order valence-electron chi connectivity index (χ1n) is 6.31. The topological polar surface area (TPSA) is 75.9 Å². The predicted molar refractivity (Wildman–Crippen MR) is 80.5 cm³/mol. The van der Waals surface area contributed by atoms with E-state index < -0.39 is 0 Å². The quantitative estimate of drug-likeness (QED) is 0.689. The first-order valence-corrected chi connectivity index (χ1v) is 6.31. The maximum atomic E-state index is 5.48. The third-order valence-electron chi connectivity index (χ3n) is 2.69. The van der Waals surface area contributed by atoms with Crippen molar-refractivity contribution in [2.75, 3.05) is 30.3 Å². The van der Waals surface area contributed by atoms with Gasteiger partial charge in [0.2, 0.25) is 5.95 Å². The van der Waals surface area contributed by atoms with Crippen LogP contribution in [0.15, 0.2) is 30.9 Å². The molecule has 0 aliphatic rings. The Morgan fingerprint density at radius 3 is 2.89 bits per heavy atom. The van der Waals surface area contributed by atoms with Crippen LogP contribution in [0.1, 0.15) is 5.56 Å². The molecule has 2 aromatic rings. The lowest BCUT2D eigenvalue weighted by Crippen LogP contribution is -2.15. The molecule has 5 nitrogen and oxygen atoms in total. The number of rotatable bonds is 6. The van der Waals surface area contributed by atoms with E-state index in [0.29, 0.717) is 25.6 Å². The maximum absolute atomic E-state index is 5.48. The van der Waals surface area contributed by atoms with Crippen molar-refractivity contribution in [1.29, 1.82) is 0 Å². The van der Waals surface area contributed by atoms with Crippen LogP contribution in [-0.2, 0) is 0 Å². The molecular formula is C14H19N5. The highest BCUT2D eigenvalue weighted by atomic mass is 15.1. The van der Waals surface area contributed by atoms with Gasteiger partial charge in [-0.05, 0) is 19.1 Å². The van der Waals surface area contributed by atoms with Crippen molar-refractivity contribution in [3.05, 3.63) is 36.4 Å². The van der Waals surface area contributed by atoms with Crippen molar-refractivity contribution in [3.63, 3.8) is 0 Å². The van der Waals surface area contributed by atoms with E-state index in [9.17, 15) is 0 Å². The summed E-state index contributed by atoms with van der Waals surface area (Å²) in [6, 6.07) is 6.12. The average Bonchev–Trinajstić information content (AvgIpc) is 2.42. The monoisotopic (exact) mass is 257 g/mol. The Kier molecular flexibility index (Phi) is 4.30. The minimum Gasteiger partial charge on any atom is -0.366 e. The van der Waals surface area contributed by atoms with Gasteiger partial charge in [0.25, 0.3) is 0 Å². The number of nitrogens with one attached hydrogen (secondary N) is 2. The molecule has 2 rings (SSSR count). The zero-order valence-electron chi connectivity index (χ0n) is 11.1. The standard InChI is InChI=1S/C14H19N5/c1-3-7-16-13-11-9-10(2)4-5-12(11)18-14(19-13)17-8-6-15/h3-5,9H,1,6-8,15H2,2H3,(H2,16,17,18,19). The molecule has 0 atom stereocenters. The van der Waals surface area contributed by atoms with Gasteiger partial charge in [-0.15, -0.1) is 6.58 Å². The van der Waals surface area contributed by atoms with E-state index in [0.717, 1.165) is 16.7 Å². The number of nitrogens with two attached hydrogens (primary N) is 1. The Morgan fingerprint density at radius 1 is 1.32 bits per heavy atom. The van der Waals surface area contributed by atoms with Gasteiger partial charge >= 0.3 is 0 Å². The Hall–Kier alpha value is -2.14. The van der Waals surface area contributed by atoms with Crippen LogP contribution < -0.4 is 16.4 Å². The van der Waals surface area contributed by atoms with Gasteiger partial charge < -0.3 is 16.4 Å². The Labute approximate surface area is 112 Å². The van der Waals surface area contributed by atoms with Gasteiger partial charge in [-0.25, -0.2) is 4.98 Å². The first kappa shape index (κ1) is 13.3. The number of benzene rings is 1. The number of fused-ring (bicyclic) bond motifs is 1. The van der Waals surface area contributed by atoms with Crippen LogP contribution in [0, 0.1) is 6.92 Å². The summed E-state index contributed by atoms with van der Waals surface area (Å²) >= 11 is 0. The highest BCUT2D eigenvalue weighted by Gasteiger charge is 2.07. The molecule has 0 radical (unpaired) electrons. The number of hydrogen-bond acceptors (Lipinski definition) is 5. The van der Waals surface area contributed by atoms with Crippen molar-refractivity contribution in [2.24, 2.45) is 5.73 Å². The van der Waals surface area contributed by atoms with Crippen LogP contribution in [0.25, 0.3) is 10.9 Å². The van der Waals surface area contributed by atoms with Crippen LogP contribution in [0.5, 0.6) is 0 Å². The zero-order chi connectivity index (χ0) is 13.7. The van der Waals surface area contributed by atoms with Crippen LogP contribution in [-0.4, -0.2) is 29.6 Å². The minimum absolute atomic E-state index is 0.546. The molecule has 0 amide bonds. The van der Waals surface area contributed by atoms with Crippen molar-refractivity contribution in [2.45, 2.75) is 6.92 Å². The molecule has 0 saturated heterocycles. The molecule has 5 heteroatoms. The average molecular weight is 257 g/mol. The fourth-order valence-electron chi connectivity index (χ4n) is 1.81. The second-order valence-electron chi connectivity index (χ2n) is 4.30. The minimum atomic E-state index is 0.546. The molecule has 19 heavy (non-hydrogen) atoms. The fraction of sp³-hybridized carbons (Fsp3) is 0.286. The van der Waals surface area contributed by atoms with Gasteiger partial charge in [0, 0.05) is 25.0 Å². The Bertz CT molecular complexity index is 579. The summed E-state index contributed by atoms with van der Waals surface area (Å²) in [5.74, 6) is 1.40. The molecular weight excluding hydrogens is 238 g/mol. The summed E-state index contributed by atoms with van der Waals surface area (Å²) in [7, 11) is 0. The second-order valence-corrected chi connectivity index (χ2v) is 4.30. The fourth-order valence-corrected chi connectivity index (χ4v) is 1.81. The van der Waals surface area contributed by atoms with Gasteiger partial charge in [0.1, 0.15) is 5.82 Å². The summed E-state index contributed by atoms with van der Waals surface area (Å²) in [6.07, 6.45) is 1.80. The molecule has 4 N–H and O–H groups in total. The van der Waals surface area contributed by atoms with Crippen LogP contribution in [0.3, 0.4) is 0 Å². The van der Waals surface area contributed by atoms with E-state index in [1.807, 2.05) is 12.1 Å². The van der Waals surface area contributed by atoms with E-state index in [-0.39, 0.29) is 0 Å². The summed E-state index contributed by atoms with van der Waals surface area (Å²) in [6.45, 7) is 7.62. The van der Waals surface area contributed by atoms with Crippen molar-refractivity contribution in [1.82, 2.24) is 9.97 Å². The molecule has 0 unspecified atom stereocenters. The molecule has 0 aliphatic heterocycles. The van der Waals surface area contributed by atoms with Gasteiger partial charge in [-0.2, -0.15) is 4.98 Å². The van der Waals surface area contributed by atoms with Gasteiger partial charge in [-0.1, -0.05) is 17.7 Å². The number of nitrogens with zero attached hydrogens (tertiary/aromatic N) is 2. The first-order chi connectivity index (χ1) is 9.24. The number of anilines is 2. The highest BCUT2D eigenvalue weighted by molar-refractivity contribution is 5.90.